The fraction of sp³-hybridized carbons (Fsp3) is 0.438. The quantitative estimate of drug-likeness (QED) is 0.801. The van der Waals surface area contributed by atoms with Crippen LogP contribution < -0.4 is 5.73 Å². The van der Waals surface area contributed by atoms with Gasteiger partial charge in [0.05, 0.1) is 5.69 Å². The van der Waals surface area contributed by atoms with Crippen molar-refractivity contribution in [3.63, 3.8) is 0 Å². The smallest absolute Gasteiger partial charge is 0.123 e. The van der Waals surface area contributed by atoms with Gasteiger partial charge in [-0.25, -0.2) is 4.98 Å². The fourth-order valence-corrected chi connectivity index (χ4v) is 3.37. The van der Waals surface area contributed by atoms with Crippen molar-refractivity contribution in [1.29, 1.82) is 0 Å². The lowest BCUT2D eigenvalue weighted by Gasteiger charge is -2.13. The molecule has 20 heavy (non-hydrogen) atoms. The van der Waals surface area contributed by atoms with Crippen molar-refractivity contribution in [2.45, 2.75) is 38.1 Å². The summed E-state index contributed by atoms with van der Waals surface area (Å²) in [5.41, 5.74) is 8.42. The second-order valence-electron chi connectivity index (χ2n) is 5.21. The Bertz CT molecular complexity index is 532. The summed E-state index contributed by atoms with van der Waals surface area (Å²) < 4.78 is 0. The number of benzene rings is 1. The molecule has 1 atom stereocenters. The molecule has 0 aliphatic heterocycles. The van der Waals surface area contributed by atoms with Crippen LogP contribution >= 0.6 is 23.1 Å². The van der Waals surface area contributed by atoms with Crippen LogP contribution in [0, 0.1) is 5.92 Å². The molecule has 0 aliphatic carbocycles. The summed E-state index contributed by atoms with van der Waals surface area (Å²) in [6, 6.07) is 8.84. The Labute approximate surface area is 129 Å². The first-order valence-corrected chi connectivity index (χ1v) is 8.90. The SMILES string of the molecule is CCSc1ccc(-c2nc(CC(N)C(C)C)cs2)cc1. The van der Waals surface area contributed by atoms with E-state index < -0.39 is 0 Å². The van der Waals surface area contributed by atoms with Crippen LogP contribution in [0.3, 0.4) is 0 Å². The molecule has 0 saturated heterocycles. The third-order valence-electron chi connectivity index (χ3n) is 3.27. The molecular weight excluding hydrogens is 284 g/mol. The van der Waals surface area contributed by atoms with Crippen LogP contribution in [-0.2, 0) is 6.42 Å². The molecule has 2 N–H and O–H groups in total. The molecule has 0 fully saturated rings. The molecule has 0 aliphatic rings. The topological polar surface area (TPSA) is 38.9 Å². The maximum absolute atomic E-state index is 6.11. The van der Waals surface area contributed by atoms with Gasteiger partial charge in [0.25, 0.3) is 0 Å². The Hall–Kier alpha value is -0.840. The van der Waals surface area contributed by atoms with Crippen LogP contribution in [0.15, 0.2) is 34.5 Å². The standard InChI is InChI=1S/C16H22N2S2/c1-4-19-14-7-5-12(6-8-14)16-18-13(10-20-16)9-15(17)11(2)3/h5-8,10-11,15H,4,9,17H2,1-3H3. The number of hydrogen-bond donors (Lipinski definition) is 1. The molecule has 1 unspecified atom stereocenters. The Balaban J connectivity index is 2.08. The second-order valence-corrected chi connectivity index (χ2v) is 7.41. The van der Waals surface area contributed by atoms with Gasteiger partial charge in [-0.1, -0.05) is 32.9 Å². The zero-order valence-electron chi connectivity index (χ0n) is 12.3. The van der Waals surface area contributed by atoms with Crippen LogP contribution in [0.5, 0.6) is 0 Å². The zero-order valence-corrected chi connectivity index (χ0v) is 13.9. The number of nitrogens with zero attached hydrogens (tertiary/aromatic N) is 1. The number of aromatic nitrogens is 1. The molecule has 108 valence electrons. The van der Waals surface area contributed by atoms with E-state index in [9.17, 15) is 0 Å². The largest absolute Gasteiger partial charge is 0.327 e. The lowest BCUT2D eigenvalue weighted by Crippen LogP contribution is -2.28. The van der Waals surface area contributed by atoms with E-state index in [0.29, 0.717) is 5.92 Å². The van der Waals surface area contributed by atoms with Crippen LogP contribution in [-0.4, -0.2) is 16.8 Å². The lowest BCUT2D eigenvalue weighted by molar-refractivity contribution is 0.487. The molecule has 0 radical (unpaired) electrons. The molecule has 1 heterocycles. The third kappa shape index (κ3) is 4.08. The molecule has 2 nitrogen and oxygen atoms in total. The zero-order chi connectivity index (χ0) is 14.5. The lowest BCUT2D eigenvalue weighted by atomic mass is 10.0. The minimum Gasteiger partial charge on any atom is -0.327 e. The van der Waals surface area contributed by atoms with Gasteiger partial charge in [0, 0.05) is 28.3 Å². The Morgan fingerprint density at radius 2 is 1.95 bits per heavy atom. The molecule has 4 heteroatoms. The van der Waals surface area contributed by atoms with E-state index in [0.717, 1.165) is 22.9 Å². The molecule has 2 rings (SSSR count). The molecule has 1 aromatic carbocycles. The number of thioether (sulfide) groups is 1. The number of hydrogen-bond acceptors (Lipinski definition) is 4. The average Bonchev–Trinajstić information content (AvgIpc) is 2.88. The first kappa shape index (κ1) is 15.5. The fourth-order valence-electron chi connectivity index (χ4n) is 1.87. The summed E-state index contributed by atoms with van der Waals surface area (Å²) in [5.74, 6) is 1.60. The van der Waals surface area contributed by atoms with Crippen molar-refractivity contribution >= 4 is 23.1 Å². The van der Waals surface area contributed by atoms with Crippen molar-refractivity contribution in [1.82, 2.24) is 4.98 Å². The van der Waals surface area contributed by atoms with Crippen LogP contribution in [0.25, 0.3) is 10.6 Å². The molecule has 0 amide bonds. The van der Waals surface area contributed by atoms with E-state index in [-0.39, 0.29) is 6.04 Å². The van der Waals surface area contributed by atoms with Crippen molar-refractivity contribution in [3.05, 3.63) is 35.3 Å². The normalized spacial score (nSPS) is 12.8. The van der Waals surface area contributed by atoms with Crippen molar-refractivity contribution < 1.29 is 0 Å². The Morgan fingerprint density at radius 1 is 1.25 bits per heavy atom. The van der Waals surface area contributed by atoms with Gasteiger partial charge in [0.1, 0.15) is 5.01 Å². The highest BCUT2D eigenvalue weighted by Gasteiger charge is 2.11. The van der Waals surface area contributed by atoms with Crippen LogP contribution in [0.4, 0.5) is 0 Å². The first-order chi connectivity index (χ1) is 9.60. The molecule has 0 saturated carbocycles. The van der Waals surface area contributed by atoms with Gasteiger partial charge in [-0.3, -0.25) is 0 Å². The van der Waals surface area contributed by atoms with Gasteiger partial charge in [-0.05, 0) is 23.8 Å². The third-order valence-corrected chi connectivity index (χ3v) is 5.10. The molecule has 1 aromatic heterocycles. The van der Waals surface area contributed by atoms with E-state index in [1.807, 2.05) is 11.8 Å². The van der Waals surface area contributed by atoms with Crippen LogP contribution in [0.1, 0.15) is 26.5 Å². The van der Waals surface area contributed by atoms with E-state index >= 15 is 0 Å². The number of thiazole rings is 1. The van der Waals surface area contributed by atoms with Crippen molar-refractivity contribution in [2.24, 2.45) is 11.7 Å². The van der Waals surface area contributed by atoms with Gasteiger partial charge in [-0.15, -0.1) is 23.1 Å². The summed E-state index contributed by atoms with van der Waals surface area (Å²) in [5, 5.41) is 3.22. The first-order valence-electron chi connectivity index (χ1n) is 7.03. The molecule has 0 spiro atoms. The van der Waals surface area contributed by atoms with Crippen molar-refractivity contribution in [3.8, 4) is 10.6 Å². The molecular formula is C16H22N2S2. The highest BCUT2D eigenvalue weighted by Crippen LogP contribution is 2.27. The highest BCUT2D eigenvalue weighted by atomic mass is 32.2. The summed E-state index contributed by atoms with van der Waals surface area (Å²) in [7, 11) is 0. The van der Waals surface area contributed by atoms with Gasteiger partial charge in [-0.2, -0.15) is 0 Å². The summed E-state index contributed by atoms with van der Waals surface area (Å²) in [6.45, 7) is 6.48. The van der Waals surface area contributed by atoms with E-state index in [1.165, 1.54) is 10.5 Å². The van der Waals surface area contributed by atoms with Crippen molar-refractivity contribution in [2.75, 3.05) is 5.75 Å². The minimum absolute atomic E-state index is 0.188. The van der Waals surface area contributed by atoms with Gasteiger partial charge in [0.15, 0.2) is 0 Å². The maximum Gasteiger partial charge on any atom is 0.123 e. The number of nitrogens with two attached hydrogens (primary N) is 1. The number of rotatable bonds is 6. The summed E-state index contributed by atoms with van der Waals surface area (Å²) >= 11 is 3.56. The minimum atomic E-state index is 0.188. The highest BCUT2D eigenvalue weighted by molar-refractivity contribution is 7.99. The Morgan fingerprint density at radius 3 is 2.55 bits per heavy atom. The van der Waals surface area contributed by atoms with E-state index in [1.54, 1.807) is 11.3 Å². The Kier molecular flexibility index (Phi) is 5.64. The monoisotopic (exact) mass is 306 g/mol. The summed E-state index contributed by atoms with van der Waals surface area (Å²) in [6.07, 6.45) is 0.859. The van der Waals surface area contributed by atoms with Gasteiger partial charge < -0.3 is 5.73 Å². The molecule has 0 bridgehead atoms. The maximum atomic E-state index is 6.11. The molecule has 2 aromatic rings. The predicted molar refractivity (Wildman–Crippen MR) is 90.5 cm³/mol. The van der Waals surface area contributed by atoms with Gasteiger partial charge in [0.2, 0.25) is 0 Å². The van der Waals surface area contributed by atoms with Crippen LogP contribution in [0.2, 0.25) is 0 Å². The average molecular weight is 306 g/mol. The predicted octanol–water partition coefficient (Wildman–Crippen LogP) is 4.45. The van der Waals surface area contributed by atoms with E-state index in [2.05, 4.69) is 50.4 Å². The summed E-state index contributed by atoms with van der Waals surface area (Å²) in [4.78, 5) is 6.02. The van der Waals surface area contributed by atoms with E-state index in [4.69, 9.17) is 10.7 Å². The second kappa shape index (κ2) is 7.25. The van der Waals surface area contributed by atoms with Gasteiger partial charge >= 0.3 is 0 Å².